The lowest BCUT2D eigenvalue weighted by Gasteiger charge is -2.13. The van der Waals surface area contributed by atoms with E-state index in [-0.39, 0.29) is 0 Å². The maximum Gasteiger partial charge on any atom is 0.199 e. The number of nitrogens with zero attached hydrogens (tertiary/aromatic N) is 2. The van der Waals surface area contributed by atoms with Gasteiger partial charge in [0.1, 0.15) is 6.33 Å². The average Bonchev–Trinajstić information content (AvgIpc) is 3.21. The highest BCUT2D eigenvalue weighted by Crippen LogP contribution is 2.44. The van der Waals surface area contributed by atoms with Crippen LogP contribution in [0.3, 0.4) is 0 Å². The van der Waals surface area contributed by atoms with Crippen molar-refractivity contribution in [2.75, 3.05) is 0 Å². The third-order valence-corrected chi connectivity index (χ3v) is 4.38. The Morgan fingerprint density at radius 1 is 1.25 bits per heavy atom. The molecular weight excluding hydrogens is 266 g/mol. The van der Waals surface area contributed by atoms with Gasteiger partial charge in [-0.05, 0) is 60.5 Å². The molecule has 2 aromatic carbocycles. The summed E-state index contributed by atoms with van der Waals surface area (Å²) in [6.45, 7) is 2.19. The number of aromatic amines is 1. The van der Waals surface area contributed by atoms with Crippen molar-refractivity contribution < 1.29 is 0 Å². The summed E-state index contributed by atoms with van der Waals surface area (Å²) >= 11 is 5.30. The van der Waals surface area contributed by atoms with Crippen LogP contribution in [0.4, 0.5) is 0 Å². The monoisotopic (exact) mass is 281 g/mol. The first-order valence-corrected chi connectivity index (χ1v) is 7.31. The summed E-state index contributed by atoms with van der Waals surface area (Å²) in [6.07, 6.45) is 4.37. The third kappa shape index (κ3) is 1.72. The summed E-state index contributed by atoms with van der Waals surface area (Å²) in [4.78, 5) is 0. The molecule has 20 heavy (non-hydrogen) atoms. The summed E-state index contributed by atoms with van der Waals surface area (Å²) < 4.78 is 2.57. The summed E-state index contributed by atoms with van der Waals surface area (Å²) in [5.74, 6) is 0.741. The molecule has 1 aliphatic carbocycles. The minimum atomic E-state index is 0.631. The van der Waals surface area contributed by atoms with Crippen molar-refractivity contribution in [2.24, 2.45) is 0 Å². The number of rotatable bonds is 2. The molecule has 3 nitrogen and oxygen atoms in total. The predicted molar refractivity (Wildman–Crippen MR) is 83.0 cm³/mol. The number of hydrogen-bond acceptors (Lipinski definition) is 2. The van der Waals surface area contributed by atoms with E-state index < -0.39 is 0 Å². The molecule has 1 fully saturated rings. The van der Waals surface area contributed by atoms with Crippen molar-refractivity contribution in [1.82, 2.24) is 14.8 Å². The number of aromatic nitrogens is 3. The fourth-order valence-corrected chi connectivity index (χ4v) is 3.17. The molecular formula is C16H15N3S. The van der Waals surface area contributed by atoms with Crippen molar-refractivity contribution in [3.05, 3.63) is 52.6 Å². The number of H-pyrrole nitrogens is 1. The summed E-state index contributed by atoms with van der Waals surface area (Å²) in [7, 11) is 0. The van der Waals surface area contributed by atoms with Gasteiger partial charge >= 0.3 is 0 Å². The molecule has 0 amide bonds. The summed E-state index contributed by atoms with van der Waals surface area (Å²) in [5, 5.41) is 9.50. The predicted octanol–water partition coefficient (Wildman–Crippen LogP) is 4.27. The highest BCUT2D eigenvalue weighted by atomic mass is 32.1. The second-order valence-corrected chi connectivity index (χ2v) is 5.86. The van der Waals surface area contributed by atoms with E-state index in [1.54, 1.807) is 6.33 Å². The van der Waals surface area contributed by atoms with Gasteiger partial charge in [-0.25, -0.2) is 0 Å². The smallest absolute Gasteiger partial charge is 0.199 e. The Morgan fingerprint density at radius 3 is 2.80 bits per heavy atom. The van der Waals surface area contributed by atoms with Gasteiger partial charge < -0.3 is 0 Å². The largest absolute Gasteiger partial charge is 0.274 e. The standard InChI is InChI=1S/C16H15N3S/c1-10-3-2-4-13-14(19-9-17-18-16(19)20)8-7-12(15(10)13)11-5-6-11/h2-4,7-9,11H,5-6H2,1H3,(H,18,20). The zero-order chi connectivity index (χ0) is 13.7. The highest BCUT2D eigenvalue weighted by Gasteiger charge is 2.26. The number of fused-ring (bicyclic) bond motifs is 1. The molecule has 0 unspecified atom stereocenters. The Balaban J connectivity index is 2.09. The van der Waals surface area contributed by atoms with Crippen LogP contribution >= 0.6 is 12.2 Å². The van der Waals surface area contributed by atoms with Crippen molar-refractivity contribution in [3.63, 3.8) is 0 Å². The molecule has 0 aliphatic heterocycles. The van der Waals surface area contributed by atoms with Gasteiger partial charge in [0.15, 0.2) is 4.77 Å². The zero-order valence-electron chi connectivity index (χ0n) is 11.3. The Bertz CT molecular complexity index is 856. The fraction of sp³-hybridized carbons (Fsp3) is 0.250. The van der Waals surface area contributed by atoms with Crippen LogP contribution < -0.4 is 0 Å². The van der Waals surface area contributed by atoms with Crippen LogP contribution in [0.1, 0.15) is 29.9 Å². The molecule has 1 saturated carbocycles. The molecule has 0 bridgehead atoms. The van der Waals surface area contributed by atoms with Gasteiger partial charge in [-0.2, -0.15) is 5.10 Å². The molecule has 0 spiro atoms. The van der Waals surface area contributed by atoms with Gasteiger partial charge in [0.05, 0.1) is 5.69 Å². The van der Waals surface area contributed by atoms with Crippen molar-refractivity contribution in [3.8, 4) is 5.69 Å². The minimum Gasteiger partial charge on any atom is -0.274 e. The van der Waals surface area contributed by atoms with Gasteiger partial charge in [-0.15, -0.1) is 0 Å². The number of benzene rings is 2. The highest BCUT2D eigenvalue weighted by molar-refractivity contribution is 7.71. The normalized spacial score (nSPS) is 14.8. The lowest BCUT2D eigenvalue weighted by molar-refractivity contribution is 1.04. The van der Waals surface area contributed by atoms with Gasteiger partial charge in [0.2, 0.25) is 0 Å². The minimum absolute atomic E-state index is 0.631. The Labute approximate surface area is 122 Å². The number of nitrogens with one attached hydrogen (secondary N) is 1. The van der Waals surface area contributed by atoms with E-state index in [9.17, 15) is 0 Å². The van der Waals surface area contributed by atoms with Crippen LogP contribution in [0, 0.1) is 11.7 Å². The molecule has 1 N–H and O–H groups in total. The van der Waals surface area contributed by atoms with Crippen LogP contribution in [0.25, 0.3) is 16.5 Å². The first-order valence-electron chi connectivity index (χ1n) is 6.90. The van der Waals surface area contributed by atoms with E-state index >= 15 is 0 Å². The number of hydrogen-bond donors (Lipinski definition) is 1. The summed E-state index contributed by atoms with van der Waals surface area (Å²) in [5.41, 5.74) is 3.92. The fourth-order valence-electron chi connectivity index (χ4n) is 2.97. The SMILES string of the molecule is Cc1cccc2c(-n3cn[nH]c3=S)ccc(C3CC3)c12. The molecule has 4 rings (SSSR count). The molecule has 1 heterocycles. The van der Waals surface area contributed by atoms with Crippen LogP contribution in [0.5, 0.6) is 0 Å². The molecule has 100 valence electrons. The van der Waals surface area contributed by atoms with Gasteiger partial charge in [-0.1, -0.05) is 24.3 Å². The van der Waals surface area contributed by atoms with Crippen LogP contribution in [0.15, 0.2) is 36.7 Å². The van der Waals surface area contributed by atoms with Crippen LogP contribution in [-0.4, -0.2) is 14.8 Å². The first-order chi connectivity index (χ1) is 9.75. The van der Waals surface area contributed by atoms with Gasteiger partial charge in [0.25, 0.3) is 0 Å². The van der Waals surface area contributed by atoms with E-state index in [1.165, 1.54) is 34.7 Å². The maximum absolute atomic E-state index is 5.30. The quantitative estimate of drug-likeness (QED) is 0.712. The Hall–Kier alpha value is -1.94. The van der Waals surface area contributed by atoms with E-state index in [0.29, 0.717) is 4.77 Å². The molecule has 3 aromatic rings. The third-order valence-electron chi connectivity index (χ3n) is 4.09. The molecule has 1 aliphatic rings. The topological polar surface area (TPSA) is 33.6 Å². The Kier molecular flexibility index (Phi) is 2.54. The Morgan fingerprint density at radius 2 is 2.10 bits per heavy atom. The molecule has 0 atom stereocenters. The van der Waals surface area contributed by atoms with Gasteiger partial charge in [0, 0.05) is 5.39 Å². The van der Waals surface area contributed by atoms with Crippen LogP contribution in [-0.2, 0) is 0 Å². The lowest BCUT2D eigenvalue weighted by Crippen LogP contribution is -1.97. The average molecular weight is 281 g/mol. The van der Waals surface area contributed by atoms with E-state index in [4.69, 9.17) is 12.2 Å². The van der Waals surface area contributed by atoms with Crippen molar-refractivity contribution >= 4 is 23.0 Å². The van der Waals surface area contributed by atoms with Gasteiger partial charge in [-0.3, -0.25) is 9.67 Å². The van der Waals surface area contributed by atoms with Crippen molar-refractivity contribution in [2.45, 2.75) is 25.7 Å². The molecule has 0 saturated heterocycles. The van der Waals surface area contributed by atoms with E-state index in [2.05, 4.69) is 47.5 Å². The van der Waals surface area contributed by atoms with Crippen molar-refractivity contribution in [1.29, 1.82) is 0 Å². The van der Waals surface area contributed by atoms with E-state index in [1.807, 2.05) is 4.57 Å². The maximum atomic E-state index is 5.30. The second-order valence-electron chi connectivity index (χ2n) is 5.48. The van der Waals surface area contributed by atoms with Crippen LogP contribution in [0.2, 0.25) is 0 Å². The number of aryl methyl sites for hydroxylation is 1. The summed E-state index contributed by atoms with van der Waals surface area (Å²) in [6, 6.07) is 10.9. The first kappa shape index (κ1) is 11.9. The molecule has 4 heteroatoms. The lowest BCUT2D eigenvalue weighted by atomic mass is 9.96. The van der Waals surface area contributed by atoms with E-state index in [0.717, 1.165) is 11.6 Å². The second kappa shape index (κ2) is 4.28. The zero-order valence-corrected chi connectivity index (χ0v) is 12.1. The molecule has 1 aromatic heterocycles. The molecule has 0 radical (unpaired) electrons.